The highest BCUT2D eigenvalue weighted by molar-refractivity contribution is 6.03. The molecule has 6 rings (SSSR count). The fourth-order valence-electron chi connectivity index (χ4n) is 9.93. The van der Waals surface area contributed by atoms with Crippen molar-refractivity contribution in [2.24, 2.45) is 28.8 Å². The lowest BCUT2D eigenvalue weighted by atomic mass is 9.55. The molecule has 300 valence electrons. The Balaban J connectivity index is 1.50. The third kappa shape index (κ3) is 9.36. The first kappa shape index (κ1) is 40.7. The van der Waals surface area contributed by atoms with Crippen LogP contribution < -0.4 is 9.47 Å². The van der Waals surface area contributed by atoms with Gasteiger partial charge in [-0.2, -0.15) is 0 Å². The van der Waals surface area contributed by atoms with Gasteiger partial charge in [0, 0.05) is 63.7 Å². The minimum absolute atomic E-state index is 0.0428. The second-order valence-corrected chi connectivity index (χ2v) is 16.2. The van der Waals surface area contributed by atoms with Gasteiger partial charge in [0.25, 0.3) is 0 Å². The quantitative estimate of drug-likeness (QED) is 0.0522. The van der Waals surface area contributed by atoms with Crippen molar-refractivity contribution in [1.29, 1.82) is 0 Å². The molecule has 0 spiro atoms. The highest BCUT2D eigenvalue weighted by Crippen LogP contribution is 2.62. The summed E-state index contributed by atoms with van der Waals surface area (Å²) in [6.07, 6.45) is 16.9. The van der Waals surface area contributed by atoms with Gasteiger partial charge in [0.15, 0.2) is 0 Å². The predicted octanol–water partition coefficient (Wildman–Crippen LogP) is 7.24. The molecule has 3 aliphatic carbocycles. The second kappa shape index (κ2) is 19.8. The van der Waals surface area contributed by atoms with E-state index in [9.17, 15) is 15.0 Å². The van der Waals surface area contributed by atoms with Crippen LogP contribution in [0, 0.1) is 23.7 Å². The van der Waals surface area contributed by atoms with E-state index in [1.807, 2.05) is 19.1 Å². The van der Waals surface area contributed by atoms with Gasteiger partial charge in [0.05, 0.1) is 18.2 Å². The Morgan fingerprint density at radius 3 is 2.57 bits per heavy atom. The summed E-state index contributed by atoms with van der Waals surface area (Å²) in [5, 5.41) is 24.5. The molecule has 5 aliphatic rings. The van der Waals surface area contributed by atoms with Gasteiger partial charge in [-0.25, -0.2) is 0 Å². The number of ether oxygens (including phenoxy) is 3. The first-order valence-electron chi connectivity index (χ1n) is 21.3. The number of carbonyl (C=O) groups excluding carboxylic acids is 1. The zero-order chi connectivity index (χ0) is 37.9. The molecule has 1 saturated heterocycles. The molecule has 0 aromatic heterocycles. The Hall–Kier alpha value is -2.92. The number of nitrogens with zero attached hydrogens (tertiary/aromatic N) is 3. The van der Waals surface area contributed by atoms with Crippen LogP contribution in [-0.2, 0) is 14.4 Å². The Bertz CT molecular complexity index is 1440. The molecule has 0 unspecified atom stereocenters. The zero-order valence-corrected chi connectivity index (χ0v) is 33.1. The number of hydrogen-bond donors (Lipinski definition) is 2. The summed E-state index contributed by atoms with van der Waals surface area (Å²) >= 11 is 0. The lowest BCUT2D eigenvalue weighted by Gasteiger charge is -2.60. The fourth-order valence-corrected chi connectivity index (χ4v) is 9.93. The number of rotatable bonds is 23. The predicted molar refractivity (Wildman–Crippen MR) is 212 cm³/mol. The molecule has 1 aromatic carbocycles. The van der Waals surface area contributed by atoms with E-state index in [1.54, 1.807) is 6.08 Å². The molecule has 0 radical (unpaired) electrons. The lowest BCUT2D eigenvalue weighted by Crippen LogP contribution is -2.70. The van der Waals surface area contributed by atoms with Crippen LogP contribution in [0.25, 0.3) is 0 Å². The molecule has 2 aliphatic heterocycles. The van der Waals surface area contributed by atoms with Crippen LogP contribution in [0.5, 0.6) is 11.5 Å². The van der Waals surface area contributed by atoms with E-state index in [-0.39, 0.29) is 49.4 Å². The second-order valence-electron chi connectivity index (χ2n) is 16.2. The highest BCUT2D eigenvalue weighted by atomic mass is 16.7. The standard InChI is InChI=1S/C44H67N3O7/c1-4-21-47(41(50)20-17-32-13-7-8-14-32)40-31-38(45-53-6-3)36-29-33(15-9-11-25-48)35(16-10-12-26-49)42-37-30-34(51-28-24-46-22-23-46)18-19-39(37)54-44(40,43(36)42)52-27-5-2/h5,18-19,29-30,32-33,35,40,42-43,48-49H,2,4,6-17,20-28,31H2,1,3H3/t33-,35+,40-,42+,43+,44+/m0/s1. The van der Waals surface area contributed by atoms with E-state index in [0.29, 0.717) is 38.5 Å². The third-order valence-corrected chi connectivity index (χ3v) is 12.6. The number of carbonyl (C=O) groups is 1. The molecule has 10 nitrogen and oxygen atoms in total. The number of unbranched alkanes of at least 4 members (excludes halogenated alkanes) is 2. The molecule has 2 N–H and O–H groups in total. The summed E-state index contributed by atoms with van der Waals surface area (Å²) in [6.45, 7) is 13.5. The number of aliphatic hydroxyl groups is 2. The molecule has 54 heavy (non-hydrogen) atoms. The Labute approximate surface area is 323 Å². The summed E-state index contributed by atoms with van der Waals surface area (Å²) in [5.74, 6) is 1.22. The topological polar surface area (TPSA) is 113 Å². The maximum atomic E-state index is 14.6. The van der Waals surface area contributed by atoms with Crippen LogP contribution in [0.1, 0.15) is 115 Å². The third-order valence-electron chi connectivity index (χ3n) is 12.6. The van der Waals surface area contributed by atoms with Gasteiger partial charge in [-0.3, -0.25) is 9.69 Å². The van der Waals surface area contributed by atoms with E-state index >= 15 is 0 Å². The highest BCUT2D eigenvalue weighted by Gasteiger charge is 2.65. The Kier molecular flexibility index (Phi) is 14.9. The smallest absolute Gasteiger partial charge is 0.239 e. The van der Waals surface area contributed by atoms with Gasteiger partial charge in [-0.1, -0.05) is 62.8 Å². The zero-order valence-electron chi connectivity index (χ0n) is 33.1. The van der Waals surface area contributed by atoms with E-state index < -0.39 is 11.8 Å². The van der Waals surface area contributed by atoms with Crippen molar-refractivity contribution in [3.63, 3.8) is 0 Å². The molecular formula is C44H67N3O7. The van der Waals surface area contributed by atoms with Crippen molar-refractivity contribution < 1.29 is 34.1 Å². The van der Waals surface area contributed by atoms with Crippen molar-refractivity contribution in [2.45, 2.75) is 121 Å². The van der Waals surface area contributed by atoms with Crippen LogP contribution >= 0.6 is 0 Å². The van der Waals surface area contributed by atoms with Gasteiger partial charge in [-0.05, 0) is 87.0 Å². The van der Waals surface area contributed by atoms with E-state index in [4.69, 9.17) is 24.2 Å². The summed E-state index contributed by atoms with van der Waals surface area (Å²) in [6, 6.07) is 5.80. The van der Waals surface area contributed by atoms with Crippen molar-refractivity contribution in [2.75, 3.05) is 59.2 Å². The van der Waals surface area contributed by atoms with Gasteiger partial charge < -0.3 is 34.2 Å². The average Bonchev–Trinajstić information content (AvgIpc) is 3.86. The molecule has 6 atom stereocenters. The maximum absolute atomic E-state index is 14.6. The van der Waals surface area contributed by atoms with Crippen LogP contribution in [-0.4, -0.2) is 103 Å². The van der Waals surface area contributed by atoms with Gasteiger partial charge in [0.2, 0.25) is 11.7 Å². The first-order valence-corrected chi connectivity index (χ1v) is 21.3. The summed E-state index contributed by atoms with van der Waals surface area (Å²) in [7, 11) is 0. The first-order chi connectivity index (χ1) is 26.5. The number of oxime groups is 1. The Morgan fingerprint density at radius 1 is 1.09 bits per heavy atom. The number of amides is 1. The number of aliphatic hydroxyl groups excluding tert-OH is 2. The van der Waals surface area contributed by atoms with Crippen molar-refractivity contribution in [3.05, 3.63) is 48.1 Å². The SMILES string of the molecule is C=CCO[C@@]12Oc3ccc(OCCN4CC4)cc3[C@H]3[C@H](CCCCO)[C@@H](CCCCO)C=C(C(=NOCC)C[C@@H]1N(CCC)C(=O)CCC1CCCC1)[C@H]32. The van der Waals surface area contributed by atoms with Crippen LogP contribution in [0.3, 0.4) is 0 Å². The number of allylic oxidation sites excluding steroid dienone is 1. The molecule has 1 aromatic rings. The summed E-state index contributed by atoms with van der Waals surface area (Å²) in [5.41, 5.74) is 3.03. The van der Waals surface area contributed by atoms with Gasteiger partial charge in [0.1, 0.15) is 30.8 Å². The van der Waals surface area contributed by atoms with E-state index in [2.05, 4.69) is 35.4 Å². The molecule has 1 amide bonds. The Morgan fingerprint density at radius 2 is 1.87 bits per heavy atom. The van der Waals surface area contributed by atoms with E-state index in [0.717, 1.165) is 99.3 Å². The number of benzene rings is 1. The van der Waals surface area contributed by atoms with Gasteiger partial charge in [-0.15, -0.1) is 6.58 Å². The molecule has 2 heterocycles. The fraction of sp³-hybridized carbons (Fsp3) is 0.727. The molecular weight excluding hydrogens is 682 g/mol. The molecule has 3 fully saturated rings. The number of fused-ring (bicyclic) bond motifs is 2. The molecule has 0 bridgehead atoms. The minimum Gasteiger partial charge on any atom is -0.492 e. The number of hydrogen-bond acceptors (Lipinski definition) is 9. The minimum atomic E-state index is -1.20. The van der Waals surface area contributed by atoms with Crippen LogP contribution in [0.2, 0.25) is 0 Å². The summed E-state index contributed by atoms with van der Waals surface area (Å²) in [4.78, 5) is 24.9. The lowest BCUT2D eigenvalue weighted by molar-refractivity contribution is -0.257. The largest absolute Gasteiger partial charge is 0.492 e. The normalized spacial score (nSPS) is 28.2. The maximum Gasteiger partial charge on any atom is 0.239 e. The summed E-state index contributed by atoms with van der Waals surface area (Å²) < 4.78 is 20.8. The van der Waals surface area contributed by atoms with Crippen LogP contribution in [0.4, 0.5) is 0 Å². The van der Waals surface area contributed by atoms with Crippen molar-refractivity contribution >= 4 is 11.6 Å². The van der Waals surface area contributed by atoms with E-state index in [1.165, 1.54) is 25.7 Å². The van der Waals surface area contributed by atoms with Gasteiger partial charge >= 0.3 is 0 Å². The van der Waals surface area contributed by atoms with Crippen molar-refractivity contribution in [1.82, 2.24) is 9.80 Å². The monoisotopic (exact) mass is 749 g/mol. The molecule has 2 saturated carbocycles. The molecule has 10 heteroatoms. The van der Waals surface area contributed by atoms with Crippen molar-refractivity contribution in [3.8, 4) is 11.5 Å². The average molecular weight is 750 g/mol. The van der Waals surface area contributed by atoms with Crippen LogP contribution in [0.15, 0.2) is 47.7 Å².